The van der Waals surface area contributed by atoms with Gasteiger partial charge >= 0.3 is 0 Å². The fourth-order valence-corrected chi connectivity index (χ4v) is 3.45. The molecule has 0 spiro atoms. The van der Waals surface area contributed by atoms with Crippen molar-refractivity contribution in [3.8, 4) is 0 Å². The van der Waals surface area contributed by atoms with Gasteiger partial charge in [0, 0.05) is 24.7 Å². The van der Waals surface area contributed by atoms with Gasteiger partial charge in [-0.05, 0) is 37.1 Å². The standard InChI is InChI=1S/C20H25N3O.ClH/c1-15-7-9-18(10-8-15)22-20(24)14-23-12-17(11-21)19(13-23)16-5-3-2-4-6-16;/h2-10,17,19H,11-14,21H2,1H3,(H,22,24);1H/t17-,19+;/m1./s1. The molecule has 0 aromatic heterocycles. The van der Waals surface area contributed by atoms with Gasteiger partial charge in [-0.1, -0.05) is 48.0 Å². The molecule has 1 aliphatic heterocycles. The first kappa shape index (κ1) is 19.4. The average Bonchev–Trinajstić information content (AvgIpc) is 3.00. The Balaban J connectivity index is 0.00000225. The zero-order valence-corrected chi connectivity index (χ0v) is 15.3. The smallest absolute Gasteiger partial charge is 0.238 e. The van der Waals surface area contributed by atoms with E-state index in [-0.39, 0.29) is 18.3 Å². The maximum absolute atomic E-state index is 12.3. The number of nitrogens with zero attached hydrogens (tertiary/aromatic N) is 1. The van der Waals surface area contributed by atoms with Crippen LogP contribution in [0.5, 0.6) is 0 Å². The van der Waals surface area contributed by atoms with Crippen LogP contribution in [0.1, 0.15) is 17.0 Å². The molecule has 25 heavy (non-hydrogen) atoms. The molecule has 0 saturated carbocycles. The Morgan fingerprint density at radius 2 is 1.80 bits per heavy atom. The van der Waals surface area contributed by atoms with Crippen LogP contribution in [-0.2, 0) is 4.79 Å². The maximum Gasteiger partial charge on any atom is 0.238 e. The second-order valence-electron chi connectivity index (χ2n) is 6.62. The predicted octanol–water partition coefficient (Wildman–Crippen LogP) is 3.03. The van der Waals surface area contributed by atoms with Gasteiger partial charge in [0.1, 0.15) is 0 Å². The largest absolute Gasteiger partial charge is 0.330 e. The molecular formula is C20H26ClN3O. The molecule has 1 aliphatic rings. The third-order valence-electron chi connectivity index (χ3n) is 4.75. The van der Waals surface area contributed by atoms with Gasteiger partial charge in [0.15, 0.2) is 0 Å². The van der Waals surface area contributed by atoms with E-state index in [0.29, 0.717) is 24.9 Å². The van der Waals surface area contributed by atoms with E-state index in [1.807, 2.05) is 37.3 Å². The second kappa shape index (κ2) is 8.99. The molecule has 4 nitrogen and oxygen atoms in total. The monoisotopic (exact) mass is 359 g/mol. The molecule has 1 saturated heterocycles. The average molecular weight is 360 g/mol. The summed E-state index contributed by atoms with van der Waals surface area (Å²) < 4.78 is 0. The first-order chi connectivity index (χ1) is 11.7. The van der Waals surface area contributed by atoms with E-state index < -0.39 is 0 Å². The number of nitrogens with two attached hydrogens (primary N) is 1. The maximum atomic E-state index is 12.3. The molecule has 0 radical (unpaired) electrons. The van der Waals surface area contributed by atoms with Crippen molar-refractivity contribution in [2.45, 2.75) is 12.8 Å². The van der Waals surface area contributed by atoms with Crippen LogP contribution in [0.4, 0.5) is 5.69 Å². The minimum atomic E-state index is 0. The lowest BCUT2D eigenvalue weighted by Gasteiger charge is -2.16. The summed E-state index contributed by atoms with van der Waals surface area (Å²) in [6.45, 7) is 4.85. The Morgan fingerprint density at radius 3 is 2.44 bits per heavy atom. The number of halogens is 1. The highest BCUT2D eigenvalue weighted by Gasteiger charge is 2.33. The van der Waals surface area contributed by atoms with Crippen molar-refractivity contribution >= 4 is 24.0 Å². The SMILES string of the molecule is Cc1ccc(NC(=O)CN2C[C@@H](CN)[C@H](c3ccccc3)C2)cc1.Cl. The van der Waals surface area contributed by atoms with E-state index in [4.69, 9.17) is 5.73 Å². The highest BCUT2D eigenvalue weighted by molar-refractivity contribution is 5.92. The number of carbonyl (C=O) groups excluding carboxylic acids is 1. The molecule has 2 aromatic carbocycles. The van der Waals surface area contributed by atoms with Crippen LogP contribution in [0.2, 0.25) is 0 Å². The molecule has 1 amide bonds. The van der Waals surface area contributed by atoms with Crippen molar-refractivity contribution < 1.29 is 4.79 Å². The third-order valence-corrected chi connectivity index (χ3v) is 4.75. The molecule has 2 aromatic rings. The molecule has 0 bridgehead atoms. The first-order valence-corrected chi connectivity index (χ1v) is 8.49. The molecule has 0 unspecified atom stereocenters. The lowest BCUT2D eigenvalue weighted by Crippen LogP contribution is -2.32. The van der Waals surface area contributed by atoms with Gasteiger partial charge in [-0.15, -0.1) is 12.4 Å². The quantitative estimate of drug-likeness (QED) is 0.862. The van der Waals surface area contributed by atoms with Crippen molar-refractivity contribution in [1.82, 2.24) is 4.90 Å². The van der Waals surface area contributed by atoms with Crippen LogP contribution in [-0.4, -0.2) is 37.0 Å². The van der Waals surface area contributed by atoms with Gasteiger partial charge in [0.2, 0.25) is 5.91 Å². The number of nitrogens with one attached hydrogen (secondary N) is 1. The van der Waals surface area contributed by atoms with E-state index in [9.17, 15) is 4.79 Å². The number of aryl methyl sites for hydroxylation is 1. The number of rotatable bonds is 5. The number of benzene rings is 2. The summed E-state index contributed by atoms with van der Waals surface area (Å²) in [7, 11) is 0. The molecule has 134 valence electrons. The zero-order valence-electron chi connectivity index (χ0n) is 14.5. The number of hydrogen-bond acceptors (Lipinski definition) is 3. The molecule has 1 fully saturated rings. The second-order valence-corrected chi connectivity index (χ2v) is 6.62. The van der Waals surface area contributed by atoms with E-state index in [2.05, 4.69) is 34.5 Å². The van der Waals surface area contributed by atoms with Crippen molar-refractivity contribution in [3.05, 3.63) is 65.7 Å². The fourth-order valence-electron chi connectivity index (χ4n) is 3.45. The highest BCUT2D eigenvalue weighted by Crippen LogP contribution is 2.31. The predicted molar refractivity (Wildman–Crippen MR) is 105 cm³/mol. The number of anilines is 1. The van der Waals surface area contributed by atoms with Crippen LogP contribution in [0.25, 0.3) is 0 Å². The number of amides is 1. The van der Waals surface area contributed by atoms with E-state index >= 15 is 0 Å². The first-order valence-electron chi connectivity index (χ1n) is 8.49. The summed E-state index contributed by atoms with van der Waals surface area (Å²) in [4.78, 5) is 14.5. The summed E-state index contributed by atoms with van der Waals surface area (Å²) in [5.41, 5.74) is 9.31. The molecular weight excluding hydrogens is 334 g/mol. The third kappa shape index (κ3) is 5.05. The molecule has 3 rings (SSSR count). The van der Waals surface area contributed by atoms with Gasteiger partial charge in [-0.2, -0.15) is 0 Å². The lowest BCUT2D eigenvalue weighted by atomic mass is 9.89. The normalized spacial score (nSPS) is 20.1. The molecule has 5 heteroatoms. The van der Waals surface area contributed by atoms with Gasteiger partial charge in [-0.3, -0.25) is 9.69 Å². The molecule has 3 N–H and O–H groups in total. The Bertz CT molecular complexity index is 675. The van der Waals surface area contributed by atoms with Crippen LogP contribution in [0, 0.1) is 12.8 Å². The van der Waals surface area contributed by atoms with Crippen molar-refractivity contribution in [1.29, 1.82) is 0 Å². The van der Waals surface area contributed by atoms with E-state index in [0.717, 1.165) is 18.8 Å². The molecule has 1 heterocycles. The van der Waals surface area contributed by atoms with Crippen LogP contribution < -0.4 is 11.1 Å². The summed E-state index contributed by atoms with van der Waals surface area (Å²) in [6.07, 6.45) is 0. The Hall–Kier alpha value is -1.88. The zero-order chi connectivity index (χ0) is 16.9. The van der Waals surface area contributed by atoms with Crippen LogP contribution >= 0.6 is 12.4 Å². The Morgan fingerprint density at radius 1 is 1.12 bits per heavy atom. The van der Waals surface area contributed by atoms with Gasteiger partial charge in [-0.25, -0.2) is 0 Å². The van der Waals surface area contributed by atoms with Crippen LogP contribution in [0.15, 0.2) is 54.6 Å². The molecule has 2 atom stereocenters. The number of likely N-dealkylation sites (tertiary alicyclic amines) is 1. The number of carbonyl (C=O) groups is 1. The number of hydrogen-bond donors (Lipinski definition) is 2. The summed E-state index contributed by atoms with van der Waals surface area (Å²) >= 11 is 0. The minimum absolute atomic E-state index is 0. The topological polar surface area (TPSA) is 58.4 Å². The van der Waals surface area contributed by atoms with Gasteiger partial charge in [0.25, 0.3) is 0 Å². The highest BCUT2D eigenvalue weighted by atomic mass is 35.5. The van der Waals surface area contributed by atoms with Crippen LogP contribution in [0.3, 0.4) is 0 Å². The van der Waals surface area contributed by atoms with E-state index in [1.54, 1.807) is 0 Å². The van der Waals surface area contributed by atoms with E-state index in [1.165, 1.54) is 11.1 Å². The van der Waals surface area contributed by atoms with Crippen molar-refractivity contribution in [3.63, 3.8) is 0 Å². The summed E-state index contributed by atoms with van der Waals surface area (Å²) in [5, 5.41) is 2.97. The Labute approximate surface area is 155 Å². The Kier molecular flexibility index (Phi) is 7.00. The molecule has 0 aliphatic carbocycles. The van der Waals surface area contributed by atoms with Gasteiger partial charge in [0.05, 0.1) is 6.54 Å². The summed E-state index contributed by atoms with van der Waals surface area (Å²) in [5.74, 6) is 0.839. The lowest BCUT2D eigenvalue weighted by molar-refractivity contribution is -0.117. The van der Waals surface area contributed by atoms with Crippen molar-refractivity contribution in [2.24, 2.45) is 11.7 Å². The van der Waals surface area contributed by atoms with Gasteiger partial charge < -0.3 is 11.1 Å². The summed E-state index contributed by atoms with van der Waals surface area (Å²) in [6, 6.07) is 18.3. The fraction of sp³-hybridized carbons (Fsp3) is 0.350. The van der Waals surface area contributed by atoms with Crippen molar-refractivity contribution in [2.75, 3.05) is 31.5 Å². The minimum Gasteiger partial charge on any atom is -0.330 e.